The number of ether oxygens (including phenoxy) is 2. The molecule has 0 aliphatic heterocycles. The van der Waals surface area contributed by atoms with Crippen molar-refractivity contribution in [3.05, 3.63) is 22.2 Å². The summed E-state index contributed by atoms with van der Waals surface area (Å²) in [7, 11) is 3.13. The van der Waals surface area contributed by atoms with Crippen LogP contribution in [-0.2, 0) is 0 Å². The van der Waals surface area contributed by atoms with Gasteiger partial charge in [0, 0.05) is 11.6 Å². The van der Waals surface area contributed by atoms with Crippen molar-refractivity contribution in [1.82, 2.24) is 0 Å². The van der Waals surface area contributed by atoms with Crippen molar-refractivity contribution in [2.75, 3.05) is 14.2 Å². The molecule has 8 heteroatoms. The average molecular weight is 338 g/mol. The summed E-state index contributed by atoms with van der Waals surface area (Å²) in [5.41, 5.74) is 11.0. The van der Waals surface area contributed by atoms with E-state index in [-0.39, 0.29) is 18.4 Å². The van der Waals surface area contributed by atoms with Crippen molar-refractivity contribution in [1.29, 1.82) is 0 Å². The number of rotatable bonds is 4. The van der Waals surface area contributed by atoms with Crippen LogP contribution in [-0.4, -0.2) is 26.4 Å². The highest BCUT2D eigenvalue weighted by Crippen LogP contribution is 2.31. The molecule has 6 nitrogen and oxygen atoms in total. The predicted octanol–water partition coefficient (Wildman–Crippen LogP) is 1.50. The van der Waals surface area contributed by atoms with Gasteiger partial charge in [-0.25, -0.2) is 0 Å². The number of hydrogen-bond acceptors (Lipinski definition) is 4. The van der Waals surface area contributed by atoms with Gasteiger partial charge in [0.05, 0.1) is 24.9 Å². The first-order chi connectivity index (χ1) is 8.08. The highest BCUT2D eigenvalue weighted by molar-refractivity contribution is 9.10. The molecule has 0 saturated carbocycles. The van der Waals surface area contributed by atoms with E-state index in [0.717, 1.165) is 10.0 Å². The van der Waals surface area contributed by atoms with E-state index in [1.54, 1.807) is 26.4 Å². The molecule has 0 aliphatic rings. The average Bonchev–Trinajstić information content (AvgIpc) is 2.29. The highest BCUT2D eigenvalue weighted by Gasteiger charge is 2.07. The lowest BCUT2D eigenvalue weighted by Gasteiger charge is -2.08. The number of guanidine groups is 1. The Balaban J connectivity index is 0.00000289. The highest BCUT2D eigenvalue weighted by atomic mass is 79.9. The van der Waals surface area contributed by atoms with Gasteiger partial charge in [0.25, 0.3) is 0 Å². The maximum absolute atomic E-state index is 5.20. The second-order valence-electron chi connectivity index (χ2n) is 3.00. The molecule has 100 valence electrons. The molecule has 1 rings (SSSR count). The Hall–Kier alpha value is -1.47. The van der Waals surface area contributed by atoms with E-state index >= 15 is 0 Å². The van der Waals surface area contributed by atoms with E-state index < -0.39 is 0 Å². The number of hydrogen-bond donors (Lipinski definition) is 2. The summed E-state index contributed by atoms with van der Waals surface area (Å²) in [5, 5.41) is 7.22. The largest absolute Gasteiger partial charge is 0.496 e. The van der Waals surface area contributed by atoms with Gasteiger partial charge >= 0.3 is 0 Å². The maximum Gasteiger partial charge on any atom is 0.211 e. The molecule has 0 aliphatic carbocycles. The van der Waals surface area contributed by atoms with E-state index in [4.69, 9.17) is 20.9 Å². The summed E-state index contributed by atoms with van der Waals surface area (Å²) in [4.78, 5) is 0. The number of halogens is 2. The molecule has 0 heterocycles. The third-order valence-electron chi connectivity index (χ3n) is 1.87. The van der Waals surface area contributed by atoms with Gasteiger partial charge in [-0.15, -0.1) is 17.5 Å². The minimum absolute atomic E-state index is 0. The molecule has 18 heavy (non-hydrogen) atoms. The van der Waals surface area contributed by atoms with Crippen LogP contribution in [0.2, 0.25) is 0 Å². The molecule has 4 N–H and O–H groups in total. The third kappa shape index (κ3) is 4.42. The standard InChI is InChI=1S/C10H13BrN4O2.ClH/c1-16-8-4-9(17-2)7(11)3-6(8)5-14-15-10(12)13;/h3-5H,1-2H3,(H4,12,13,15);1H/b14-5+;. The SMILES string of the molecule is COc1cc(OC)c(/C=N/N=C(N)N)cc1Br.Cl. The van der Waals surface area contributed by atoms with Crippen molar-refractivity contribution in [2.24, 2.45) is 21.7 Å². The Morgan fingerprint density at radius 3 is 2.33 bits per heavy atom. The Bertz CT molecular complexity index is 461. The molecule has 1 aromatic rings. The molecule has 0 bridgehead atoms. The monoisotopic (exact) mass is 336 g/mol. The molecule has 0 unspecified atom stereocenters. The van der Waals surface area contributed by atoms with Crippen LogP contribution in [0.4, 0.5) is 0 Å². The molecule has 0 aromatic heterocycles. The summed E-state index contributed by atoms with van der Waals surface area (Å²) in [6.07, 6.45) is 1.49. The van der Waals surface area contributed by atoms with Gasteiger partial charge in [-0.2, -0.15) is 5.10 Å². The summed E-state index contributed by atoms with van der Waals surface area (Å²) in [5.74, 6) is 1.17. The molecule has 1 aromatic carbocycles. The van der Waals surface area contributed by atoms with Crippen LogP contribution in [0, 0.1) is 0 Å². The van der Waals surface area contributed by atoms with Crippen LogP contribution < -0.4 is 20.9 Å². The molecule has 0 saturated heterocycles. The van der Waals surface area contributed by atoms with Gasteiger partial charge in [-0.1, -0.05) is 0 Å². The van der Waals surface area contributed by atoms with Gasteiger partial charge in [-0.05, 0) is 22.0 Å². The second kappa shape index (κ2) is 7.78. The molecule has 0 atom stereocenters. The summed E-state index contributed by atoms with van der Waals surface area (Å²) in [6.45, 7) is 0. The fourth-order valence-electron chi connectivity index (χ4n) is 1.14. The minimum atomic E-state index is -0.104. The summed E-state index contributed by atoms with van der Waals surface area (Å²) >= 11 is 3.36. The minimum Gasteiger partial charge on any atom is -0.496 e. The van der Waals surface area contributed by atoms with Gasteiger partial charge in [-0.3, -0.25) is 0 Å². The summed E-state index contributed by atoms with van der Waals surface area (Å²) < 4.78 is 11.1. The fraction of sp³-hybridized carbons (Fsp3) is 0.200. The smallest absolute Gasteiger partial charge is 0.211 e. The van der Waals surface area contributed by atoms with E-state index in [1.807, 2.05) is 0 Å². The van der Waals surface area contributed by atoms with Crippen molar-refractivity contribution < 1.29 is 9.47 Å². The van der Waals surface area contributed by atoms with E-state index in [2.05, 4.69) is 26.1 Å². The quantitative estimate of drug-likeness (QED) is 0.494. The van der Waals surface area contributed by atoms with Crippen molar-refractivity contribution in [2.45, 2.75) is 0 Å². The third-order valence-corrected chi connectivity index (χ3v) is 2.49. The fourth-order valence-corrected chi connectivity index (χ4v) is 1.66. The first kappa shape index (κ1) is 16.5. The summed E-state index contributed by atoms with van der Waals surface area (Å²) in [6, 6.07) is 3.53. The predicted molar refractivity (Wildman–Crippen MR) is 77.9 cm³/mol. The lowest BCUT2D eigenvalue weighted by Crippen LogP contribution is -2.21. The number of benzene rings is 1. The van der Waals surface area contributed by atoms with Crippen LogP contribution in [0.5, 0.6) is 11.5 Å². The Morgan fingerprint density at radius 2 is 1.83 bits per heavy atom. The Labute approximate surface area is 120 Å². The molecule has 0 amide bonds. The second-order valence-corrected chi connectivity index (χ2v) is 3.85. The van der Waals surface area contributed by atoms with Gasteiger partial charge < -0.3 is 20.9 Å². The lowest BCUT2D eigenvalue weighted by atomic mass is 10.2. The van der Waals surface area contributed by atoms with Crippen molar-refractivity contribution in [3.8, 4) is 11.5 Å². The zero-order valence-electron chi connectivity index (χ0n) is 9.88. The van der Waals surface area contributed by atoms with Crippen LogP contribution in [0.3, 0.4) is 0 Å². The van der Waals surface area contributed by atoms with Crippen molar-refractivity contribution in [3.63, 3.8) is 0 Å². The Morgan fingerprint density at radius 1 is 1.22 bits per heavy atom. The molecule has 0 fully saturated rings. The molecule has 0 radical (unpaired) electrons. The van der Waals surface area contributed by atoms with Crippen LogP contribution >= 0.6 is 28.3 Å². The normalized spacial score (nSPS) is 9.72. The number of methoxy groups -OCH3 is 2. The first-order valence-electron chi connectivity index (χ1n) is 4.62. The Kier molecular flexibility index (Phi) is 7.14. The number of nitrogens with zero attached hydrogens (tertiary/aromatic N) is 2. The molecular weight excluding hydrogens is 323 g/mol. The zero-order chi connectivity index (χ0) is 12.8. The van der Waals surface area contributed by atoms with Crippen LogP contribution in [0.15, 0.2) is 26.8 Å². The van der Waals surface area contributed by atoms with E-state index in [0.29, 0.717) is 11.5 Å². The number of nitrogens with two attached hydrogens (primary N) is 2. The van der Waals surface area contributed by atoms with Gasteiger partial charge in [0.15, 0.2) is 0 Å². The van der Waals surface area contributed by atoms with Gasteiger partial charge in [0.2, 0.25) is 5.96 Å². The topological polar surface area (TPSA) is 95.2 Å². The first-order valence-corrected chi connectivity index (χ1v) is 5.41. The maximum atomic E-state index is 5.20. The lowest BCUT2D eigenvalue weighted by molar-refractivity contribution is 0.392. The van der Waals surface area contributed by atoms with Crippen LogP contribution in [0.1, 0.15) is 5.56 Å². The van der Waals surface area contributed by atoms with E-state index in [9.17, 15) is 0 Å². The molecular formula is C10H14BrClN4O2. The molecule has 0 spiro atoms. The zero-order valence-corrected chi connectivity index (χ0v) is 12.3. The van der Waals surface area contributed by atoms with Gasteiger partial charge in [0.1, 0.15) is 11.5 Å². The van der Waals surface area contributed by atoms with Crippen molar-refractivity contribution >= 4 is 40.5 Å². The van der Waals surface area contributed by atoms with E-state index in [1.165, 1.54) is 6.21 Å². The van der Waals surface area contributed by atoms with Crippen LogP contribution in [0.25, 0.3) is 0 Å².